The summed E-state index contributed by atoms with van der Waals surface area (Å²) in [5.74, 6) is 0.0546. The maximum atomic E-state index is 13.2. The molecule has 0 bridgehead atoms. The summed E-state index contributed by atoms with van der Waals surface area (Å²) in [5.41, 5.74) is 3.53. The van der Waals surface area contributed by atoms with E-state index >= 15 is 0 Å². The third-order valence-electron chi connectivity index (χ3n) is 7.25. The van der Waals surface area contributed by atoms with Crippen LogP contribution in [0.15, 0.2) is 127 Å². The number of hydrogen-bond acceptors (Lipinski definition) is 7. The van der Waals surface area contributed by atoms with Crippen molar-refractivity contribution in [1.29, 1.82) is 0 Å². The monoisotopic (exact) mass is 618 g/mol. The van der Waals surface area contributed by atoms with E-state index in [-0.39, 0.29) is 11.7 Å². The van der Waals surface area contributed by atoms with Gasteiger partial charge in [0.1, 0.15) is 18.4 Å². The highest BCUT2D eigenvalue weighted by molar-refractivity contribution is 7.12. The van der Waals surface area contributed by atoms with Crippen LogP contribution in [-0.4, -0.2) is 48.9 Å². The molecule has 228 valence electrons. The van der Waals surface area contributed by atoms with Gasteiger partial charge in [-0.15, -0.1) is 11.3 Å². The lowest BCUT2D eigenvalue weighted by molar-refractivity contribution is -0.141. The minimum absolute atomic E-state index is 0.0267. The number of carbonyl (C=O) groups is 3. The fraction of sp³-hybridized carbons (Fsp3) is 0.162. The Bertz CT molecular complexity index is 1690. The van der Waals surface area contributed by atoms with Gasteiger partial charge in [0, 0.05) is 29.8 Å². The number of esters is 1. The number of rotatable bonds is 14. The van der Waals surface area contributed by atoms with Crippen LogP contribution in [-0.2, 0) is 22.5 Å². The van der Waals surface area contributed by atoms with Gasteiger partial charge in [-0.1, -0.05) is 91.0 Å². The molecular weight excluding hydrogens is 584 g/mol. The SMILES string of the molecule is COC(=O)C(Cc1ccc(OCCN(Cc2ccccc2)C(=O)c2cccs2)cc1)Nc1ccccc1C(=O)c1ccccc1. The summed E-state index contributed by atoms with van der Waals surface area (Å²) in [6.45, 7) is 1.23. The third kappa shape index (κ3) is 8.46. The second kappa shape index (κ2) is 15.5. The van der Waals surface area contributed by atoms with E-state index in [2.05, 4.69) is 5.32 Å². The molecule has 0 aliphatic rings. The van der Waals surface area contributed by atoms with Crippen LogP contribution in [0.4, 0.5) is 5.69 Å². The number of ketones is 1. The summed E-state index contributed by atoms with van der Waals surface area (Å²) < 4.78 is 11.1. The maximum absolute atomic E-state index is 13.2. The summed E-state index contributed by atoms with van der Waals surface area (Å²) in [6.07, 6.45) is 0.334. The van der Waals surface area contributed by atoms with Crippen molar-refractivity contribution in [3.8, 4) is 5.75 Å². The highest BCUT2D eigenvalue weighted by Gasteiger charge is 2.23. The van der Waals surface area contributed by atoms with Crippen molar-refractivity contribution < 1.29 is 23.9 Å². The second-order valence-corrected chi connectivity index (χ2v) is 11.3. The molecule has 45 heavy (non-hydrogen) atoms. The fourth-order valence-electron chi connectivity index (χ4n) is 4.92. The second-order valence-electron chi connectivity index (χ2n) is 10.3. The van der Waals surface area contributed by atoms with Crippen molar-refractivity contribution in [2.24, 2.45) is 0 Å². The van der Waals surface area contributed by atoms with E-state index < -0.39 is 12.0 Å². The molecule has 0 spiro atoms. The van der Waals surface area contributed by atoms with E-state index in [9.17, 15) is 14.4 Å². The van der Waals surface area contributed by atoms with Gasteiger partial charge in [0.2, 0.25) is 0 Å². The number of methoxy groups -OCH3 is 1. The fourth-order valence-corrected chi connectivity index (χ4v) is 5.61. The predicted molar refractivity (Wildman–Crippen MR) is 177 cm³/mol. The Morgan fingerprint density at radius 1 is 0.778 bits per heavy atom. The first kappa shape index (κ1) is 31.2. The number of ether oxygens (including phenoxy) is 2. The molecule has 8 heteroatoms. The number of para-hydroxylation sites is 1. The zero-order valence-electron chi connectivity index (χ0n) is 24.9. The summed E-state index contributed by atoms with van der Waals surface area (Å²) in [6, 6.07) is 36.5. The molecule has 0 saturated carbocycles. The normalized spacial score (nSPS) is 11.3. The average Bonchev–Trinajstić information content (AvgIpc) is 3.64. The molecule has 0 aliphatic carbocycles. The van der Waals surface area contributed by atoms with Gasteiger partial charge >= 0.3 is 5.97 Å². The molecule has 7 nitrogen and oxygen atoms in total. The minimum Gasteiger partial charge on any atom is -0.492 e. The molecule has 1 amide bonds. The van der Waals surface area contributed by atoms with Crippen LogP contribution < -0.4 is 10.1 Å². The van der Waals surface area contributed by atoms with Crippen molar-refractivity contribution in [3.05, 3.63) is 154 Å². The van der Waals surface area contributed by atoms with Gasteiger partial charge in [0.15, 0.2) is 5.78 Å². The Labute approximate surface area is 267 Å². The van der Waals surface area contributed by atoms with Crippen LogP contribution in [0.25, 0.3) is 0 Å². The molecular formula is C37H34N2O5S. The van der Waals surface area contributed by atoms with Crippen LogP contribution in [0.1, 0.15) is 36.7 Å². The molecule has 5 rings (SSSR count). The lowest BCUT2D eigenvalue weighted by Crippen LogP contribution is -2.34. The number of nitrogens with zero attached hydrogens (tertiary/aromatic N) is 1. The van der Waals surface area contributed by atoms with E-state index in [1.807, 2.05) is 96.4 Å². The number of benzene rings is 4. The predicted octanol–water partition coefficient (Wildman–Crippen LogP) is 6.90. The Morgan fingerprint density at radius 2 is 1.47 bits per heavy atom. The van der Waals surface area contributed by atoms with E-state index in [0.29, 0.717) is 53.6 Å². The van der Waals surface area contributed by atoms with Gasteiger partial charge in [0.05, 0.1) is 18.5 Å². The van der Waals surface area contributed by atoms with Gasteiger partial charge in [-0.2, -0.15) is 0 Å². The quantitative estimate of drug-likeness (QED) is 0.108. The van der Waals surface area contributed by atoms with Crippen LogP contribution in [0.3, 0.4) is 0 Å². The lowest BCUT2D eigenvalue weighted by Gasteiger charge is -2.22. The first-order chi connectivity index (χ1) is 22.0. The number of nitrogens with one attached hydrogen (secondary N) is 1. The minimum atomic E-state index is -0.721. The van der Waals surface area contributed by atoms with Gasteiger partial charge in [-0.3, -0.25) is 9.59 Å². The Hall–Kier alpha value is -5.21. The summed E-state index contributed by atoms with van der Waals surface area (Å²) >= 11 is 1.42. The van der Waals surface area contributed by atoms with Crippen LogP contribution in [0.5, 0.6) is 5.75 Å². The maximum Gasteiger partial charge on any atom is 0.328 e. The van der Waals surface area contributed by atoms with Crippen molar-refractivity contribution in [2.75, 3.05) is 25.6 Å². The Balaban J connectivity index is 1.22. The number of thiophene rings is 1. The van der Waals surface area contributed by atoms with E-state index in [1.54, 1.807) is 35.2 Å². The van der Waals surface area contributed by atoms with Crippen LogP contribution in [0, 0.1) is 0 Å². The summed E-state index contributed by atoms with van der Waals surface area (Å²) in [7, 11) is 1.35. The molecule has 1 atom stereocenters. The highest BCUT2D eigenvalue weighted by Crippen LogP contribution is 2.22. The zero-order chi connectivity index (χ0) is 31.4. The van der Waals surface area contributed by atoms with Crippen LogP contribution in [0.2, 0.25) is 0 Å². The first-order valence-electron chi connectivity index (χ1n) is 14.6. The van der Waals surface area contributed by atoms with Crippen LogP contribution >= 0.6 is 11.3 Å². The van der Waals surface area contributed by atoms with Crippen molar-refractivity contribution in [2.45, 2.75) is 19.0 Å². The highest BCUT2D eigenvalue weighted by atomic mass is 32.1. The number of amides is 1. The smallest absolute Gasteiger partial charge is 0.328 e. The van der Waals surface area contributed by atoms with Gasteiger partial charge in [-0.25, -0.2) is 4.79 Å². The molecule has 1 N–H and O–H groups in total. The van der Waals surface area contributed by atoms with Crippen molar-refractivity contribution >= 4 is 34.7 Å². The van der Waals surface area contributed by atoms with E-state index in [0.717, 1.165) is 11.1 Å². The standard InChI is InChI=1S/C37H34N2O5S/c1-43-37(42)33(38-32-16-9-8-15-31(32)35(40)29-13-6-3-7-14-29)25-27-18-20-30(21-19-27)44-23-22-39(26-28-11-4-2-5-12-28)36(41)34-17-10-24-45-34/h2-21,24,33,38H,22-23,25-26H2,1H3. The number of carbonyl (C=O) groups excluding carboxylic acids is 3. The zero-order valence-corrected chi connectivity index (χ0v) is 25.7. The largest absolute Gasteiger partial charge is 0.492 e. The number of hydrogen-bond donors (Lipinski definition) is 1. The molecule has 0 fully saturated rings. The van der Waals surface area contributed by atoms with Gasteiger partial charge < -0.3 is 19.7 Å². The Morgan fingerprint density at radius 3 is 2.16 bits per heavy atom. The molecule has 5 aromatic rings. The van der Waals surface area contributed by atoms with Gasteiger partial charge in [0.25, 0.3) is 5.91 Å². The molecule has 0 saturated heterocycles. The third-order valence-corrected chi connectivity index (χ3v) is 8.11. The summed E-state index contributed by atoms with van der Waals surface area (Å²) in [5, 5.41) is 5.14. The Kier molecular flexibility index (Phi) is 10.8. The average molecular weight is 619 g/mol. The van der Waals surface area contributed by atoms with Gasteiger partial charge in [-0.05, 0) is 46.8 Å². The molecule has 4 aromatic carbocycles. The molecule has 0 aliphatic heterocycles. The number of anilines is 1. The lowest BCUT2D eigenvalue weighted by atomic mass is 10.00. The summed E-state index contributed by atoms with van der Waals surface area (Å²) in [4.78, 5) is 41.6. The topological polar surface area (TPSA) is 84.9 Å². The van der Waals surface area contributed by atoms with Crippen molar-refractivity contribution in [1.82, 2.24) is 4.90 Å². The molecule has 1 aromatic heterocycles. The van der Waals surface area contributed by atoms with E-state index in [1.165, 1.54) is 18.4 Å². The first-order valence-corrected chi connectivity index (χ1v) is 15.5. The molecule has 1 unspecified atom stereocenters. The molecule has 0 radical (unpaired) electrons. The molecule has 1 heterocycles. The van der Waals surface area contributed by atoms with E-state index in [4.69, 9.17) is 9.47 Å². The van der Waals surface area contributed by atoms with Crippen molar-refractivity contribution in [3.63, 3.8) is 0 Å².